The van der Waals surface area contributed by atoms with E-state index < -0.39 is 4.92 Å². The van der Waals surface area contributed by atoms with Crippen molar-refractivity contribution in [3.05, 3.63) is 64.2 Å². The number of nitro groups is 1. The Morgan fingerprint density at radius 2 is 1.92 bits per heavy atom. The minimum atomic E-state index is -0.408. The normalized spacial score (nSPS) is 15.7. The van der Waals surface area contributed by atoms with Gasteiger partial charge in [0.15, 0.2) is 0 Å². The lowest BCUT2D eigenvalue weighted by molar-refractivity contribution is -0.384. The molecule has 0 aromatic heterocycles. The monoisotopic (exact) mass is 341 g/mol. The van der Waals surface area contributed by atoms with Crippen LogP contribution < -0.4 is 10.1 Å². The summed E-state index contributed by atoms with van der Waals surface area (Å²) in [5, 5.41) is 14.4. The van der Waals surface area contributed by atoms with Crippen molar-refractivity contribution in [2.75, 3.05) is 25.5 Å². The van der Waals surface area contributed by atoms with Crippen LogP contribution in [-0.4, -0.2) is 36.1 Å². The SMILES string of the molecule is COc1cc([N+](=O)[O-])ccc1NC1CCN(Cc2ccccc2)CC1. The Balaban J connectivity index is 1.56. The molecule has 0 amide bonds. The van der Waals surface area contributed by atoms with Crippen LogP contribution in [0.25, 0.3) is 0 Å². The number of benzene rings is 2. The maximum absolute atomic E-state index is 10.9. The van der Waals surface area contributed by atoms with Crippen LogP contribution in [0.1, 0.15) is 18.4 Å². The Hall–Kier alpha value is -2.60. The van der Waals surface area contributed by atoms with Gasteiger partial charge in [-0.25, -0.2) is 0 Å². The van der Waals surface area contributed by atoms with Gasteiger partial charge < -0.3 is 10.1 Å². The molecule has 2 aromatic rings. The average Bonchev–Trinajstić information content (AvgIpc) is 2.64. The molecule has 0 bridgehead atoms. The van der Waals surface area contributed by atoms with Gasteiger partial charge >= 0.3 is 0 Å². The first kappa shape index (κ1) is 17.2. The third kappa shape index (κ3) is 4.48. The number of nitrogens with one attached hydrogen (secondary N) is 1. The highest BCUT2D eigenvalue weighted by molar-refractivity contribution is 5.61. The standard InChI is InChI=1S/C19H23N3O3/c1-25-19-13-17(22(23)24)7-8-18(19)20-16-9-11-21(12-10-16)14-15-5-3-2-4-6-15/h2-8,13,16,20H,9-12,14H2,1H3. The molecule has 1 heterocycles. The second-order valence-corrected chi connectivity index (χ2v) is 6.32. The molecule has 6 heteroatoms. The van der Waals surface area contributed by atoms with Crippen molar-refractivity contribution in [1.82, 2.24) is 4.90 Å². The zero-order chi connectivity index (χ0) is 17.6. The van der Waals surface area contributed by atoms with E-state index in [-0.39, 0.29) is 5.69 Å². The van der Waals surface area contributed by atoms with E-state index in [2.05, 4.69) is 34.5 Å². The maximum Gasteiger partial charge on any atom is 0.273 e. The van der Waals surface area contributed by atoms with Crippen molar-refractivity contribution in [3.8, 4) is 5.75 Å². The summed E-state index contributed by atoms with van der Waals surface area (Å²) < 4.78 is 5.30. The van der Waals surface area contributed by atoms with E-state index in [9.17, 15) is 10.1 Å². The minimum Gasteiger partial charge on any atom is -0.494 e. The number of non-ortho nitro benzene ring substituents is 1. The molecule has 1 N–H and O–H groups in total. The Morgan fingerprint density at radius 1 is 1.20 bits per heavy atom. The first-order chi connectivity index (χ1) is 12.2. The molecule has 25 heavy (non-hydrogen) atoms. The van der Waals surface area contributed by atoms with Crippen LogP contribution in [0.5, 0.6) is 5.75 Å². The highest BCUT2D eigenvalue weighted by atomic mass is 16.6. The number of anilines is 1. The second-order valence-electron chi connectivity index (χ2n) is 6.32. The first-order valence-electron chi connectivity index (χ1n) is 8.51. The zero-order valence-electron chi connectivity index (χ0n) is 14.4. The Bertz CT molecular complexity index is 713. The lowest BCUT2D eigenvalue weighted by Gasteiger charge is -2.33. The van der Waals surface area contributed by atoms with Crippen LogP contribution >= 0.6 is 0 Å². The van der Waals surface area contributed by atoms with E-state index >= 15 is 0 Å². The summed E-state index contributed by atoms with van der Waals surface area (Å²) in [6.07, 6.45) is 2.07. The molecule has 1 aliphatic heterocycles. The number of piperidine rings is 1. The largest absolute Gasteiger partial charge is 0.494 e. The lowest BCUT2D eigenvalue weighted by atomic mass is 10.0. The molecule has 2 aromatic carbocycles. The fraction of sp³-hybridized carbons (Fsp3) is 0.368. The number of methoxy groups -OCH3 is 1. The van der Waals surface area contributed by atoms with Gasteiger partial charge in [-0.05, 0) is 24.5 Å². The van der Waals surface area contributed by atoms with Gasteiger partial charge in [0, 0.05) is 31.7 Å². The molecule has 0 unspecified atom stereocenters. The molecule has 0 saturated carbocycles. The molecule has 3 rings (SSSR count). The van der Waals surface area contributed by atoms with Gasteiger partial charge in [0.2, 0.25) is 0 Å². The third-order valence-electron chi connectivity index (χ3n) is 4.59. The molecule has 0 aliphatic carbocycles. The second kappa shape index (κ2) is 7.98. The van der Waals surface area contributed by atoms with Crippen molar-refractivity contribution in [3.63, 3.8) is 0 Å². The number of ether oxygens (including phenoxy) is 1. The van der Waals surface area contributed by atoms with Gasteiger partial charge in [-0.15, -0.1) is 0 Å². The van der Waals surface area contributed by atoms with Gasteiger partial charge in [0.25, 0.3) is 5.69 Å². The van der Waals surface area contributed by atoms with Crippen molar-refractivity contribution in [2.24, 2.45) is 0 Å². The van der Waals surface area contributed by atoms with Crippen molar-refractivity contribution in [2.45, 2.75) is 25.4 Å². The van der Waals surface area contributed by atoms with E-state index in [0.29, 0.717) is 11.8 Å². The summed E-state index contributed by atoms with van der Waals surface area (Å²) in [6, 6.07) is 15.6. The highest BCUT2D eigenvalue weighted by Crippen LogP contribution is 2.30. The Labute approximate surface area is 147 Å². The van der Waals surface area contributed by atoms with E-state index in [0.717, 1.165) is 38.2 Å². The Kier molecular flexibility index (Phi) is 5.50. The molecule has 132 valence electrons. The highest BCUT2D eigenvalue weighted by Gasteiger charge is 2.21. The van der Waals surface area contributed by atoms with Crippen molar-refractivity contribution < 1.29 is 9.66 Å². The minimum absolute atomic E-state index is 0.0417. The van der Waals surface area contributed by atoms with Crippen LogP contribution in [0.15, 0.2) is 48.5 Å². The van der Waals surface area contributed by atoms with Crippen LogP contribution in [0.2, 0.25) is 0 Å². The zero-order valence-corrected chi connectivity index (χ0v) is 14.4. The van der Waals surface area contributed by atoms with E-state index in [1.807, 2.05) is 6.07 Å². The van der Waals surface area contributed by atoms with Crippen LogP contribution in [-0.2, 0) is 6.54 Å². The average molecular weight is 341 g/mol. The molecule has 0 spiro atoms. The van der Waals surface area contributed by atoms with Gasteiger partial charge in [-0.3, -0.25) is 15.0 Å². The smallest absolute Gasteiger partial charge is 0.273 e. The molecular formula is C19H23N3O3. The number of nitrogens with zero attached hydrogens (tertiary/aromatic N) is 2. The van der Waals surface area contributed by atoms with Gasteiger partial charge in [0.05, 0.1) is 23.8 Å². The molecule has 1 saturated heterocycles. The molecular weight excluding hydrogens is 318 g/mol. The number of rotatable bonds is 6. The molecule has 1 aliphatic rings. The van der Waals surface area contributed by atoms with E-state index in [1.54, 1.807) is 6.07 Å². The Morgan fingerprint density at radius 3 is 2.56 bits per heavy atom. The molecule has 1 fully saturated rings. The number of hydrogen-bond donors (Lipinski definition) is 1. The number of nitro benzene ring substituents is 1. The van der Waals surface area contributed by atoms with Crippen molar-refractivity contribution >= 4 is 11.4 Å². The summed E-state index contributed by atoms with van der Waals surface area (Å²) in [4.78, 5) is 12.9. The molecule has 0 atom stereocenters. The predicted octanol–water partition coefficient (Wildman–Crippen LogP) is 3.68. The number of hydrogen-bond acceptors (Lipinski definition) is 5. The maximum atomic E-state index is 10.9. The quantitative estimate of drug-likeness (QED) is 0.641. The van der Waals surface area contributed by atoms with Crippen LogP contribution in [0, 0.1) is 10.1 Å². The van der Waals surface area contributed by atoms with Gasteiger partial charge in [0.1, 0.15) is 5.75 Å². The van der Waals surface area contributed by atoms with E-state index in [1.165, 1.54) is 24.8 Å². The summed E-state index contributed by atoms with van der Waals surface area (Å²) in [6.45, 7) is 3.04. The summed E-state index contributed by atoms with van der Waals surface area (Å²) in [7, 11) is 1.53. The molecule has 6 nitrogen and oxygen atoms in total. The van der Waals surface area contributed by atoms with Crippen LogP contribution in [0.3, 0.4) is 0 Å². The first-order valence-corrected chi connectivity index (χ1v) is 8.51. The summed E-state index contributed by atoms with van der Waals surface area (Å²) in [5.74, 6) is 0.515. The predicted molar refractivity (Wildman–Crippen MR) is 98.0 cm³/mol. The van der Waals surface area contributed by atoms with Gasteiger partial charge in [-0.2, -0.15) is 0 Å². The van der Waals surface area contributed by atoms with Crippen molar-refractivity contribution in [1.29, 1.82) is 0 Å². The van der Waals surface area contributed by atoms with Crippen LogP contribution in [0.4, 0.5) is 11.4 Å². The summed E-state index contributed by atoms with van der Waals surface area (Å²) >= 11 is 0. The fourth-order valence-electron chi connectivity index (χ4n) is 3.21. The molecule has 0 radical (unpaired) electrons. The summed E-state index contributed by atoms with van der Waals surface area (Å²) in [5.41, 5.74) is 2.20. The third-order valence-corrected chi connectivity index (χ3v) is 4.59. The fourth-order valence-corrected chi connectivity index (χ4v) is 3.21. The van der Waals surface area contributed by atoms with E-state index in [4.69, 9.17) is 4.74 Å². The topological polar surface area (TPSA) is 67.6 Å². The number of likely N-dealkylation sites (tertiary alicyclic amines) is 1. The lowest BCUT2D eigenvalue weighted by Crippen LogP contribution is -2.38. The van der Waals surface area contributed by atoms with Gasteiger partial charge in [-0.1, -0.05) is 30.3 Å².